The third-order valence-corrected chi connectivity index (χ3v) is 7.98. The summed E-state index contributed by atoms with van der Waals surface area (Å²) in [4.78, 5) is 16.4. The van der Waals surface area contributed by atoms with Gasteiger partial charge in [0, 0.05) is 21.3 Å². The average molecular weight is 498 g/mol. The molecule has 1 aromatic carbocycles. The van der Waals surface area contributed by atoms with Crippen LogP contribution < -0.4 is 4.74 Å². The maximum atomic E-state index is 13.0. The van der Waals surface area contributed by atoms with Crippen LogP contribution in [0.3, 0.4) is 0 Å². The van der Waals surface area contributed by atoms with Crippen molar-refractivity contribution >= 4 is 29.6 Å². The number of carbonyl (C=O) groups excluding carboxylic acids is 1. The minimum Gasteiger partial charge on any atom is -0.497 e. The number of benzene rings is 1. The molecule has 9 heteroatoms. The van der Waals surface area contributed by atoms with Crippen molar-refractivity contribution in [2.24, 2.45) is 0 Å². The van der Waals surface area contributed by atoms with Crippen LogP contribution in [0.5, 0.6) is 5.75 Å². The van der Waals surface area contributed by atoms with Crippen molar-refractivity contribution in [1.29, 1.82) is 0 Å². The van der Waals surface area contributed by atoms with Crippen LogP contribution in [-0.2, 0) is 20.8 Å². The highest BCUT2D eigenvalue weighted by Crippen LogP contribution is 2.41. The maximum absolute atomic E-state index is 13.0. The van der Waals surface area contributed by atoms with Crippen LogP contribution in [0.15, 0.2) is 34.1 Å². The van der Waals surface area contributed by atoms with Crippen LogP contribution >= 0.6 is 23.5 Å². The van der Waals surface area contributed by atoms with E-state index in [0.717, 1.165) is 32.6 Å². The second-order valence-electron chi connectivity index (χ2n) is 9.45. The molecule has 0 saturated carbocycles. The highest BCUT2D eigenvalue weighted by atomic mass is 32.2. The molecule has 7 nitrogen and oxygen atoms in total. The summed E-state index contributed by atoms with van der Waals surface area (Å²) < 4.78 is 22.7. The van der Waals surface area contributed by atoms with Crippen molar-refractivity contribution in [2.45, 2.75) is 64.7 Å². The van der Waals surface area contributed by atoms with E-state index >= 15 is 0 Å². The van der Waals surface area contributed by atoms with Crippen molar-refractivity contribution < 1.29 is 28.8 Å². The Hall–Kier alpha value is -1.39. The second-order valence-corrected chi connectivity index (χ2v) is 11.8. The highest BCUT2D eigenvalue weighted by molar-refractivity contribution is 8.10. The Bertz CT molecular complexity index is 850. The molecule has 0 spiro atoms. The largest absolute Gasteiger partial charge is 0.497 e. The summed E-state index contributed by atoms with van der Waals surface area (Å²) in [5.41, 5.74) is -0.457. The number of nitrogens with zero attached hydrogens (tertiary/aromatic N) is 1. The number of hydrogen-bond acceptors (Lipinski definition) is 8. The standard InChI is InChI=1S/C24H35NO6S2/c1-23(2,3)31-22(27)25-18(14-30-24(25,4)5)20(26)21-19(32-11-12-33-21)15-29-13-16-7-9-17(28-6)10-8-16/h7-10,18,20,26H,11-15H2,1-6H3/t18-,20+/m1/s1. The lowest BCUT2D eigenvalue weighted by molar-refractivity contribution is -0.0662. The molecule has 1 N–H and O–H groups in total. The van der Waals surface area contributed by atoms with Gasteiger partial charge >= 0.3 is 6.09 Å². The molecular formula is C24H35NO6S2. The number of ether oxygens (including phenoxy) is 4. The van der Waals surface area contributed by atoms with Gasteiger partial charge in [-0.15, -0.1) is 23.5 Å². The molecule has 0 aromatic heterocycles. The predicted molar refractivity (Wildman–Crippen MR) is 132 cm³/mol. The maximum Gasteiger partial charge on any atom is 0.413 e. The first-order valence-electron chi connectivity index (χ1n) is 11.1. The Labute approximate surface area is 205 Å². The van der Waals surface area contributed by atoms with Crippen molar-refractivity contribution in [3.05, 3.63) is 39.6 Å². The Morgan fingerprint density at radius 3 is 2.52 bits per heavy atom. The van der Waals surface area contributed by atoms with Gasteiger partial charge in [0.2, 0.25) is 0 Å². The topological polar surface area (TPSA) is 77.5 Å². The van der Waals surface area contributed by atoms with Gasteiger partial charge in [-0.2, -0.15) is 0 Å². The van der Waals surface area contributed by atoms with Gasteiger partial charge in [0.25, 0.3) is 0 Å². The van der Waals surface area contributed by atoms with E-state index in [1.54, 1.807) is 30.6 Å². The highest BCUT2D eigenvalue weighted by Gasteiger charge is 2.49. The van der Waals surface area contributed by atoms with Gasteiger partial charge in [-0.25, -0.2) is 4.79 Å². The van der Waals surface area contributed by atoms with Gasteiger partial charge in [-0.3, -0.25) is 4.90 Å². The van der Waals surface area contributed by atoms with Gasteiger partial charge in [0.1, 0.15) is 23.2 Å². The number of aliphatic hydroxyl groups excluding tert-OH is 1. The van der Waals surface area contributed by atoms with Crippen molar-refractivity contribution in [3.8, 4) is 5.75 Å². The quantitative estimate of drug-likeness (QED) is 0.584. The van der Waals surface area contributed by atoms with Crippen molar-refractivity contribution in [1.82, 2.24) is 4.90 Å². The van der Waals surface area contributed by atoms with Crippen LogP contribution in [0, 0.1) is 0 Å². The molecule has 3 rings (SSSR count). The number of hydrogen-bond donors (Lipinski definition) is 1. The molecule has 2 aliphatic heterocycles. The van der Waals surface area contributed by atoms with E-state index in [0.29, 0.717) is 13.2 Å². The molecule has 184 valence electrons. The summed E-state index contributed by atoms with van der Waals surface area (Å²) >= 11 is 3.32. The minimum atomic E-state index is -0.878. The smallest absolute Gasteiger partial charge is 0.413 e. The van der Waals surface area contributed by atoms with E-state index in [4.69, 9.17) is 18.9 Å². The van der Waals surface area contributed by atoms with E-state index < -0.39 is 29.6 Å². The van der Waals surface area contributed by atoms with E-state index in [1.165, 1.54) is 4.90 Å². The predicted octanol–water partition coefficient (Wildman–Crippen LogP) is 4.64. The number of rotatable bonds is 7. The normalized spacial score (nSPS) is 21.8. The third-order valence-electron chi connectivity index (χ3n) is 5.30. The van der Waals surface area contributed by atoms with E-state index in [-0.39, 0.29) is 6.61 Å². The van der Waals surface area contributed by atoms with E-state index in [1.807, 2.05) is 58.9 Å². The lowest BCUT2D eigenvalue weighted by Crippen LogP contribution is -2.53. The first-order chi connectivity index (χ1) is 15.5. The second kappa shape index (κ2) is 10.9. The summed E-state index contributed by atoms with van der Waals surface area (Å²) in [6, 6.07) is 7.23. The SMILES string of the molecule is COc1ccc(COCC2=C([C@@H](O)[C@H]3COC(C)(C)N3C(=O)OC(C)(C)C)SCCS2)cc1. The first-order valence-corrected chi connectivity index (χ1v) is 13.0. The van der Waals surface area contributed by atoms with Crippen LogP contribution in [-0.4, -0.2) is 71.4 Å². The number of thioether (sulfide) groups is 2. The first kappa shape index (κ1) is 26.2. The molecule has 2 heterocycles. The van der Waals surface area contributed by atoms with Crippen LogP contribution in [0.25, 0.3) is 0 Å². The summed E-state index contributed by atoms with van der Waals surface area (Å²) in [7, 11) is 1.64. The fourth-order valence-electron chi connectivity index (χ4n) is 3.72. The van der Waals surface area contributed by atoms with E-state index in [9.17, 15) is 9.90 Å². The van der Waals surface area contributed by atoms with Crippen LogP contribution in [0.1, 0.15) is 40.2 Å². The van der Waals surface area contributed by atoms with Crippen LogP contribution in [0.2, 0.25) is 0 Å². The zero-order valence-corrected chi connectivity index (χ0v) is 21.9. The number of aliphatic hydroxyl groups is 1. The summed E-state index contributed by atoms with van der Waals surface area (Å²) in [5, 5.41) is 11.4. The van der Waals surface area contributed by atoms with Gasteiger partial charge in [-0.1, -0.05) is 12.1 Å². The summed E-state index contributed by atoms with van der Waals surface area (Å²) in [5.74, 6) is 2.65. The Morgan fingerprint density at radius 2 is 1.88 bits per heavy atom. The van der Waals surface area contributed by atoms with Gasteiger partial charge in [0.05, 0.1) is 33.0 Å². The summed E-state index contributed by atoms with van der Waals surface area (Å²) in [6.45, 7) is 10.2. The van der Waals surface area contributed by atoms with Gasteiger partial charge < -0.3 is 24.1 Å². The van der Waals surface area contributed by atoms with Crippen LogP contribution in [0.4, 0.5) is 4.79 Å². The molecule has 0 unspecified atom stereocenters. The number of methoxy groups -OCH3 is 1. The van der Waals surface area contributed by atoms with Crippen molar-refractivity contribution in [2.75, 3.05) is 31.8 Å². The zero-order chi connectivity index (χ0) is 24.2. The zero-order valence-electron chi connectivity index (χ0n) is 20.3. The molecule has 1 aromatic rings. The molecule has 33 heavy (non-hydrogen) atoms. The third kappa shape index (κ3) is 6.82. The fourth-order valence-corrected chi connectivity index (χ4v) is 6.18. The van der Waals surface area contributed by atoms with Gasteiger partial charge in [0.15, 0.2) is 0 Å². The fraction of sp³-hybridized carbons (Fsp3) is 0.625. The van der Waals surface area contributed by atoms with Gasteiger partial charge in [-0.05, 0) is 52.3 Å². The monoisotopic (exact) mass is 497 g/mol. The molecule has 0 bridgehead atoms. The average Bonchev–Trinajstić information content (AvgIpc) is 3.08. The molecule has 1 fully saturated rings. The number of carbonyl (C=O) groups is 1. The molecule has 1 amide bonds. The summed E-state index contributed by atoms with van der Waals surface area (Å²) in [6.07, 6.45) is -1.36. The Kier molecular flexibility index (Phi) is 8.66. The molecule has 1 saturated heterocycles. The lowest BCUT2D eigenvalue weighted by atomic mass is 10.1. The lowest BCUT2D eigenvalue weighted by Gasteiger charge is -2.37. The molecule has 0 radical (unpaired) electrons. The van der Waals surface area contributed by atoms with E-state index in [2.05, 4.69) is 0 Å². The molecule has 2 aliphatic rings. The molecule has 0 aliphatic carbocycles. The Balaban J connectivity index is 1.72. The van der Waals surface area contributed by atoms with Crippen molar-refractivity contribution in [3.63, 3.8) is 0 Å². The minimum absolute atomic E-state index is 0.238. The molecular weight excluding hydrogens is 462 g/mol. The number of amides is 1. The Morgan fingerprint density at radius 1 is 1.21 bits per heavy atom. The molecule has 2 atom stereocenters.